The van der Waals surface area contributed by atoms with Gasteiger partial charge < -0.3 is 0 Å². The van der Waals surface area contributed by atoms with Crippen LogP contribution in [0.1, 0.15) is 0 Å². The van der Waals surface area contributed by atoms with Crippen molar-refractivity contribution in [3.05, 3.63) is 182 Å². The SMILES string of the molecule is c1cc(-c2ccc3c(c2)c2c4ccccc4ccc2c2nc4ccccc4n32)cc(-c2cc3c4ccccc4c4ccccc4c3c3ccccc23)c1. The van der Waals surface area contributed by atoms with E-state index in [1.807, 2.05) is 0 Å². The highest BCUT2D eigenvalue weighted by atomic mass is 15.0. The Morgan fingerprint density at radius 2 is 0.925 bits per heavy atom. The topological polar surface area (TPSA) is 17.3 Å². The molecule has 244 valence electrons. The van der Waals surface area contributed by atoms with Crippen LogP contribution < -0.4 is 0 Å². The lowest BCUT2D eigenvalue weighted by atomic mass is 9.87. The molecule has 2 nitrogen and oxygen atoms in total. The van der Waals surface area contributed by atoms with Crippen molar-refractivity contribution < 1.29 is 0 Å². The monoisotopic (exact) mass is 670 g/mol. The van der Waals surface area contributed by atoms with Gasteiger partial charge in [-0.1, -0.05) is 140 Å². The van der Waals surface area contributed by atoms with Gasteiger partial charge in [0.25, 0.3) is 0 Å². The van der Waals surface area contributed by atoms with Gasteiger partial charge >= 0.3 is 0 Å². The average Bonchev–Trinajstić information content (AvgIpc) is 3.63. The average molecular weight is 671 g/mol. The first-order valence-corrected chi connectivity index (χ1v) is 18.3. The molecule has 2 aromatic heterocycles. The highest BCUT2D eigenvalue weighted by molar-refractivity contribution is 6.33. The largest absolute Gasteiger partial charge is 0.292 e. The van der Waals surface area contributed by atoms with Gasteiger partial charge in [-0.3, -0.25) is 4.40 Å². The number of imidazole rings is 1. The molecule has 0 spiro atoms. The zero-order valence-corrected chi connectivity index (χ0v) is 28.7. The van der Waals surface area contributed by atoms with E-state index < -0.39 is 0 Å². The minimum absolute atomic E-state index is 0.998. The first kappa shape index (κ1) is 28.6. The Morgan fingerprint density at radius 3 is 1.75 bits per heavy atom. The molecule has 12 aromatic rings. The van der Waals surface area contributed by atoms with Crippen LogP contribution in [-0.2, 0) is 0 Å². The Bertz CT molecular complexity index is 3520. The Kier molecular flexibility index (Phi) is 5.80. The van der Waals surface area contributed by atoms with E-state index in [-0.39, 0.29) is 0 Å². The van der Waals surface area contributed by atoms with E-state index in [9.17, 15) is 0 Å². The number of para-hydroxylation sites is 2. The molecule has 53 heavy (non-hydrogen) atoms. The molecular formula is C51H30N2. The van der Waals surface area contributed by atoms with E-state index in [2.05, 4.69) is 186 Å². The third-order valence-electron chi connectivity index (χ3n) is 11.5. The molecule has 0 fully saturated rings. The molecule has 12 rings (SSSR count). The van der Waals surface area contributed by atoms with Gasteiger partial charge in [0, 0.05) is 16.2 Å². The van der Waals surface area contributed by atoms with Gasteiger partial charge in [-0.05, 0) is 119 Å². The summed E-state index contributed by atoms with van der Waals surface area (Å²) in [5.74, 6) is 0. The zero-order chi connectivity index (χ0) is 34.6. The molecule has 0 aliphatic rings. The highest BCUT2D eigenvalue weighted by Crippen LogP contribution is 2.44. The van der Waals surface area contributed by atoms with Crippen LogP contribution in [0.15, 0.2) is 182 Å². The van der Waals surface area contributed by atoms with Crippen LogP contribution in [0.2, 0.25) is 0 Å². The van der Waals surface area contributed by atoms with Crippen LogP contribution in [0, 0.1) is 0 Å². The predicted molar refractivity (Wildman–Crippen MR) is 226 cm³/mol. The van der Waals surface area contributed by atoms with Gasteiger partial charge in [-0.2, -0.15) is 0 Å². The Hall–Kier alpha value is -7.03. The molecule has 0 N–H and O–H groups in total. The molecular weight excluding hydrogens is 641 g/mol. The molecule has 0 unspecified atom stereocenters. The highest BCUT2D eigenvalue weighted by Gasteiger charge is 2.18. The molecule has 0 amide bonds. The summed E-state index contributed by atoms with van der Waals surface area (Å²) in [5, 5.41) is 16.5. The summed E-state index contributed by atoms with van der Waals surface area (Å²) in [4.78, 5) is 5.17. The summed E-state index contributed by atoms with van der Waals surface area (Å²) < 4.78 is 2.34. The van der Waals surface area contributed by atoms with Crippen LogP contribution in [0.4, 0.5) is 0 Å². The van der Waals surface area contributed by atoms with Gasteiger partial charge in [-0.25, -0.2) is 4.98 Å². The lowest BCUT2D eigenvalue weighted by Crippen LogP contribution is -1.93. The van der Waals surface area contributed by atoms with Gasteiger partial charge in [-0.15, -0.1) is 0 Å². The first-order valence-electron chi connectivity index (χ1n) is 18.3. The number of rotatable bonds is 2. The molecule has 2 heterocycles. The normalized spacial score (nSPS) is 12.2. The van der Waals surface area contributed by atoms with Crippen molar-refractivity contribution in [2.45, 2.75) is 0 Å². The minimum Gasteiger partial charge on any atom is -0.292 e. The lowest BCUT2D eigenvalue weighted by Gasteiger charge is -2.17. The van der Waals surface area contributed by atoms with Crippen LogP contribution in [0.5, 0.6) is 0 Å². The quantitative estimate of drug-likeness (QED) is 0.167. The molecule has 0 bridgehead atoms. The van der Waals surface area contributed by atoms with Crippen LogP contribution in [-0.4, -0.2) is 9.38 Å². The van der Waals surface area contributed by atoms with E-state index in [4.69, 9.17) is 4.98 Å². The fraction of sp³-hybridized carbons (Fsp3) is 0. The Balaban J connectivity index is 1.14. The minimum atomic E-state index is 0.998. The number of hydrogen-bond acceptors (Lipinski definition) is 1. The summed E-state index contributed by atoms with van der Waals surface area (Å²) in [6, 6.07) is 66.9. The van der Waals surface area contributed by atoms with Crippen molar-refractivity contribution in [2.75, 3.05) is 0 Å². The summed E-state index contributed by atoms with van der Waals surface area (Å²) in [6.07, 6.45) is 0. The van der Waals surface area contributed by atoms with Crippen LogP contribution in [0.3, 0.4) is 0 Å². The van der Waals surface area contributed by atoms with Crippen molar-refractivity contribution >= 4 is 92.2 Å². The molecule has 0 aliphatic heterocycles. The lowest BCUT2D eigenvalue weighted by molar-refractivity contribution is 1.32. The third kappa shape index (κ3) is 4.01. The number of aromatic nitrogens is 2. The van der Waals surface area contributed by atoms with Crippen molar-refractivity contribution in [1.29, 1.82) is 0 Å². The number of fused-ring (bicyclic) bond motifs is 18. The van der Waals surface area contributed by atoms with Gasteiger partial charge in [0.2, 0.25) is 0 Å². The van der Waals surface area contributed by atoms with E-state index >= 15 is 0 Å². The van der Waals surface area contributed by atoms with Crippen molar-refractivity contribution in [1.82, 2.24) is 9.38 Å². The Morgan fingerprint density at radius 1 is 0.321 bits per heavy atom. The number of pyridine rings is 1. The van der Waals surface area contributed by atoms with Crippen molar-refractivity contribution in [3.63, 3.8) is 0 Å². The summed E-state index contributed by atoms with van der Waals surface area (Å²) >= 11 is 0. The van der Waals surface area contributed by atoms with Crippen molar-refractivity contribution in [2.24, 2.45) is 0 Å². The van der Waals surface area contributed by atoms with E-state index in [1.54, 1.807) is 0 Å². The second-order valence-corrected chi connectivity index (χ2v) is 14.3. The fourth-order valence-electron chi connectivity index (χ4n) is 9.18. The predicted octanol–water partition coefficient (Wildman–Crippen LogP) is 13.9. The van der Waals surface area contributed by atoms with Gasteiger partial charge in [0.1, 0.15) is 5.65 Å². The molecule has 10 aromatic carbocycles. The van der Waals surface area contributed by atoms with Crippen LogP contribution in [0.25, 0.3) is 114 Å². The van der Waals surface area contributed by atoms with Crippen LogP contribution >= 0.6 is 0 Å². The van der Waals surface area contributed by atoms with Crippen molar-refractivity contribution in [3.8, 4) is 22.3 Å². The second kappa shape index (κ2) is 10.7. The molecule has 0 saturated heterocycles. The first-order chi connectivity index (χ1) is 26.3. The molecule has 0 atom stereocenters. The molecule has 0 saturated carbocycles. The number of benzene rings is 10. The van der Waals surface area contributed by atoms with E-state index in [0.29, 0.717) is 0 Å². The maximum atomic E-state index is 5.17. The summed E-state index contributed by atoms with van der Waals surface area (Å²) in [7, 11) is 0. The number of hydrogen-bond donors (Lipinski definition) is 0. The number of nitrogens with zero attached hydrogens (tertiary/aromatic N) is 2. The zero-order valence-electron chi connectivity index (χ0n) is 28.7. The smallest absolute Gasteiger partial charge is 0.146 e. The summed E-state index contributed by atoms with van der Waals surface area (Å²) in [6.45, 7) is 0. The third-order valence-corrected chi connectivity index (χ3v) is 11.5. The Labute approximate surface area is 304 Å². The maximum absolute atomic E-state index is 5.17. The fourth-order valence-corrected chi connectivity index (χ4v) is 9.18. The second-order valence-electron chi connectivity index (χ2n) is 14.3. The molecule has 0 aliphatic carbocycles. The maximum Gasteiger partial charge on any atom is 0.146 e. The standard InChI is InChI=1S/C51H30N2/c1-2-15-35-31(12-1)24-26-42-49(35)45-29-33(25-27-47(45)53-48-23-10-9-22-46(48)52-51(42)53)32-13-11-14-34(28-32)43-30-44-38-18-4-3-16-36(38)37-17-5-7-20-40(37)50(44)41-21-8-6-19-39(41)43/h1-30H. The van der Waals surface area contributed by atoms with E-state index in [1.165, 1.54) is 92.3 Å². The summed E-state index contributed by atoms with van der Waals surface area (Å²) in [5.41, 5.74) is 9.15. The van der Waals surface area contributed by atoms with Gasteiger partial charge in [0.05, 0.1) is 16.6 Å². The molecule has 2 heteroatoms. The van der Waals surface area contributed by atoms with E-state index in [0.717, 1.165) is 22.2 Å². The van der Waals surface area contributed by atoms with Gasteiger partial charge in [0.15, 0.2) is 0 Å². The molecule has 0 radical (unpaired) electrons.